The van der Waals surface area contributed by atoms with Gasteiger partial charge in [-0.05, 0) is 48.8 Å². The van der Waals surface area contributed by atoms with Crippen molar-refractivity contribution in [3.8, 4) is 5.75 Å². The second kappa shape index (κ2) is 6.62. The molecule has 1 aliphatic carbocycles. The lowest BCUT2D eigenvalue weighted by Gasteiger charge is -2.25. The van der Waals surface area contributed by atoms with Gasteiger partial charge in [-0.15, -0.1) is 0 Å². The number of rotatable bonds is 7. The lowest BCUT2D eigenvalue weighted by atomic mass is 9.86. The number of hydrogen-bond acceptors (Lipinski definition) is 2. The summed E-state index contributed by atoms with van der Waals surface area (Å²) in [5.41, 5.74) is 1.42. The molecule has 112 valence electrons. The Labute approximate surface area is 123 Å². The highest BCUT2D eigenvalue weighted by Gasteiger charge is 2.31. The van der Waals surface area contributed by atoms with Gasteiger partial charge in [0.15, 0.2) is 0 Å². The highest BCUT2D eigenvalue weighted by molar-refractivity contribution is 5.38. The first-order valence-electron chi connectivity index (χ1n) is 7.98. The number of ether oxygens (including phenoxy) is 1. The smallest absolute Gasteiger partial charge is 0.123 e. The van der Waals surface area contributed by atoms with Crippen LogP contribution in [0.3, 0.4) is 0 Å². The first-order chi connectivity index (χ1) is 9.52. The van der Waals surface area contributed by atoms with Crippen LogP contribution in [-0.4, -0.2) is 19.2 Å². The zero-order valence-corrected chi connectivity index (χ0v) is 13.4. The number of hydrogen-bond donors (Lipinski definition) is 1. The average Bonchev–Trinajstić information content (AvgIpc) is 3.22. The van der Waals surface area contributed by atoms with E-state index in [2.05, 4.69) is 57.3 Å². The Hall–Kier alpha value is -1.02. The van der Waals surface area contributed by atoms with Gasteiger partial charge in [0.25, 0.3) is 0 Å². The van der Waals surface area contributed by atoms with Crippen LogP contribution in [0.25, 0.3) is 0 Å². The molecular weight excluding hydrogens is 246 g/mol. The molecule has 1 atom stereocenters. The molecule has 0 amide bonds. The Morgan fingerprint density at radius 2 is 1.95 bits per heavy atom. The summed E-state index contributed by atoms with van der Waals surface area (Å²) in [6, 6.07) is 8.96. The van der Waals surface area contributed by atoms with Crippen LogP contribution in [0.5, 0.6) is 5.75 Å². The van der Waals surface area contributed by atoms with E-state index in [-0.39, 0.29) is 5.41 Å². The monoisotopic (exact) mass is 275 g/mol. The Kier molecular flexibility index (Phi) is 5.09. The molecule has 1 N–H and O–H groups in total. The highest BCUT2D eigenvalue weighted by atomic mass is 16.5. The topological polar surface area (TPSA) is 21.3 Å². The van der Waals surface area contributed by atoms with Gasteiger partial charge >= 0.3 is 0 Å². The minimum atomic E-state index is 0.127. The van der Waals surface area contributed by atoms with E-state index in [9.17, 15) is 0 Å². The maximum atomic E-state index is 6.16. The number of nitrogens with one attached hydrogen (secondary N) is 1. The summed E-state index contributed by atoms with van der Waals surface area (Å²) in [5, 5.41) is 3.63. The summed E-state index contributed by atoms with van der Waals surface area (Å²) in [5.74, 6) is 1.87. The van der Waals surface area contributed by atoms with Gasteiger partial charge < -0.3 is 10.1 Å². The zero-order valence-electron chi connectivity index (χ0n) is 13.4. The minimum absolute atomic E-state index is 0.127. The Morgan fingerprint density at radius 1 is 1.25 bits per heavy atom. The third-order valence-corrected chi connectivity index (χ3v) is 3.96. The standard InChI is InChI=1S/C18H29NO/c1-5-12-19-16(14-10-11-14)13-20-17-9-7-6-8-15(17)18(2,3)4/h6-9,14,16,19H,5,10-13H2,1-4H3. The molecular formula is C18H29NO. The molecule has 0 saturated heterocycles. The molecule has 0 aliphatic heterocycles. The van der Waals surface area contributed by atoms with Crippen molar-refractivity contribution in [2.24, 2.45) is 5.92 Å². The summed E-state index contributed by atoms with van der Waals surface area (Å²) in [7, 11) is 0. The van der Waals surface area contributed by atoms with Gasteiger partial charge in [-0.25, -0.2) is 0 Å². The molecule has 1 aliphatic rings. The van der Waals surface area contributed by atoms with Gasteiger partial charge in [-0.1, -0.05) is 45.9 Å². The third kappa shape index (κ3) is 4.24. The van der Waals surface area contributed by atoms with E-state index in [4.69, 9.17) is 4.74 Å². The fourth-order valence-electron chi connectivity index (χ4n) is 2.58. The Balaban J connectivity index is 1.99. The van der Waals surface area contributed by atoms with E-state index in [1.807, 2.05) is 0 Å². The fourth-order valence-corrected chi connectivity index (χ4v) is 2.58. The molecule has 1 fully saturated rings. The summed E-state index contributed by atoms with van der Waals surface area (Å²) >= 11 is 0. The normalized spacial score (nSPS) is 17.0. The molecule has 1 aromatic carbocycles. The molecule has 1 saturated carbocycles. The Bertz CT molecular complexity index is 418. The summed E-state index contributed by atoms with van der Waals surface area (Å²) in [6.45, 7) is 10.8. The van der Waals surface area contributed by atoms with Crippen molar-refractivity contribution in [3.63, 3.8) is 0 Å². The SMILES string of the molecule is CCCNC(COc1ccccc1C(C)(C)C)C1CC1. The lowest BCUT2D eigenvalue weighted by Crippen LogP contribution is -2.37. The molecule has 0 radical (unpaired) electrons. The molecule has 0 heterocycles. The van der Waals surface area contributed by atoms with Gasteiger partial charge in [-0.3, -0.25) is 0 Å². The molecule has 2 heteroatoms. The first kappa shape index (κ1) is 15.4. The Morgan fingerprint density at radius 3 is 2.55 bits per heavy atom. The van der Waals surface area contributed by atoms with Crippen molar-refractivity contribution in [1.29, 1.82) is 0 Å². The van der Waals surface area contributed by atoms with E-state index in [0.717, 1.165) is 24.8 Å². The van der Waals surface area contributed by atoms with Gasteiger partial charge in [0.2, 0.25) is 0 Å². The molecule has 2 nitrogen and oxygen atoms in total. The van der Waals surface area contributed by atoms with Crippen LogP contribution in [0.1, 0.15) is 52.5 Å². The maximum absolute atomic E-state index is 6.16. The van der Waals surface area contributed by atoms with Crippen molar-refractivity contribution in [1.82, 2.24) is 5.32 Å². The quantitative estimate of drug-likeness (QED) is 0.807. The molecule has 0 spiro atoms. The second-order valence-electron chi connectivity index (χ2n) is 6.96. The maximum Gasteiger partial charge on any atom is 0.123 e. The van der Waals surface area contributed by atoms with E-state index in [1.54, 1.807) is 0 Å². The van der Waals surface area contributed by atoms with E-state index in [1.165, 1.54) is 24.8 Å². The second-order valence-corrected chi connectivity index (χ2v) is 6.96. The number of para-hydroxylation sites is 1. The average molecular weight is 275 g/mol. The zero-order chi connectivity index (χ0) is 14.6. The predicted molar refractivity (Wildman–Crippen MR) is 85.4 cm³/mol. The molecule has 1 unspecified atom stereocenters. The van der Waals surface area contributed by atoms with E-state index >= 15 is 0 Å². The van der Waals surface area contributed by atoms with Crippen LogP contribution in [-0.2, 0) is 5.41 Å². The minimum Gasteiger partial charge on any atom is -0.492 e. The lowest BCUT2D eigenvalue weighted by molar-refractivity contribution is 0.244. The van der Waals surface area contributed by atoms with Gasteiger partial charge in [0, 0.05) is 6.04 Å². The van der Waals surface area contributed by atoms with Gasteiger partial charge in [0.05, 0.1) is 0 Å². The van der Waals surface area contributed by atoms with Crippen LogP contribution in [0, 0.1) is 5.92 Å². The van der Waals surface area contributed by atoms with Gasteiger partial charge in [0.1, 0.15) is 12.4 Å². The molecule has 2 rings (SSSR count). The van der Waals surface area contributed by atoms with Crippen molar-refractivity contribution < 1.29 is 4.74 Å². The molecule has 0 bridgehead atoms. The molecule has 20 heavy (non-hydrogen) atoms. The van der Waals surface area contributed by atoms with Crippen molar-refractivity contribution in [2.75, 3.05) is 13.2 Å². The van der Waals surface area contributed by atoms with Gasteiger partial charge in [-0.2, -0.15) is 0 Å². The third-order valence-electron chi connectivity index (χ3n) is 3.96. The summed E-state index contributed by atoms with van der Waals surface area (Å²) in [4.78, 5) is 0. The summed E-state index contributed by atoms with van der Waals surface area (Å²) in [6.07, 6.45) is 3.89. The van der Waals surface area contributed by atoms with Crippen LogP contribution >= 0.6 is 0 Å². The van der Waals surface area contributed by atoms with E-state index in [0.29, 0.717) is 6.04 Å². The van der Waals surface area contributed by atoms with Crippen molar-refractivity contribution in [2.45, 2.75) is 58.4 Å². The molecule has 1 aromatic rings. The van der Waals surface area contributed by atoms with Crippen LogP contribution in [0.15, 0.2) is 24.3 Å². The van der Waals surface area contributed by atoms with Crippen LogP contribution < -0.4 is 10.1 Å². The number of benzene rings is 1. The van der Waals surface area contributed by atoms with Crippen molar-refractivity contribution in [3.05, 3.63) is 29.8 Å². The largest absolute Gasteiger partial charge is 0.492 e. The highest BCUT2D eigenvalue weighted by Crippen LogP contribution is 2.34. The van der Waals surface area contributed by atoms with Crippen LogP contribution in [0.2, 0.25) is 0 Å². The summed E-state index contributed by atoms with van der Waals surface area (Å²) < 4.78 is 6.16. The van der Waals surface area contributed by atoms with Crippen molar-refractivity contribution >= 4 is 0 Å². The molecule has 0 aromatic heterocycles. The first-order valence-corrected chi connectivity index (χ1v) is 7.98. The fraction of sp³-hybridized carbons (Fsp3) is 0.667. The predicted octanol–water partition coefficient (Wildman–Crippen LogP) is 4.14. The van der Waals surface area contributed by atoms with E-state index < -0.39 is 0 Å². The van der Waals surface area contributed by atoms with Crippen LogP contribution in [0.4, 0.5) is 0 Å².